The average Bonchev–Trinajstić information content (AvgIpc) is 2.59. The summed E-state index contributed by atoms with van der Waals surface area (Å²) in [5.74, 6) is -0.815. The van der Waals surface area contributed by atoms with Crippen molar-refractivity contribution in [2.24, 2.45) is 11.1 Å². The molecule has 0 aromatic heterocycles. The molecule has 0 N–H and O–H groups in total. The molecular weight excluding hydrogens is 342 g/mol. The molecule has 0 saturated carbocycles. The van der Waals surface area contributed by atoms with Gasteiger partial charge in [0.2, 0.25) is 0 Å². The molecule has 1 aromatic carbocycles. The number of rotatable bonds is 5. The second-order valence-electron chi connectivity index (χ2n) is 6.04. The van der Waals surface area contributed by atoms with Gasteiger partial charge >= 0.3 is 5.97 Å². The van der Waals surface area contributed by atoms with E-state index in [1.807, 2.05) is 19.9 Å². The van der Waals surface area contributed by atoms with Crippen LogP contribution < -0.4 is 0 Å². The lowest BCUT2D eigenvalue weighted by Crippen LogP contribution is -2.16. The maximum Gasteiger partial charge on any atom is 0.366 e. The molecule has 136 valence electrons. The van der Waals surface area contributed by atoms with Crippen LogP contribution in [0.25, 0.3) is 0 Å². The first-order valence-corrected chi connectivity index (χ1v) is 7.73. The number of carbonyl (C=O) groups excluding carboxylic acids is 1. The number of hydrogen-bond donors (Lipinski definition) is 0. The lowest BCUT2D eigenvalue weighted by molar-refractivity contribution is -0.394. The molecular formula is C17H17N3O6. The van der Waals surface area contributed by atoms with Crippen molar-refractivity contribution in [3.63, 3.8) is 0 Å². The molecule has 1 aromatic rings. The van der Waals surface area contributed by atoms with Crippen LogP contribution in [0.2, 0.25) is 0 Å². The Morgan fingerprint density at radius 1 is 1.23 bits per heavy atom. The Kier molecular flexibility index (Phi) is 5.61. The van der Waals surface area contributed by atoms with E-state index in [1.54, 1.807) is 0 Å². The van der Waals surface area contributed by atoms with E-state index in [1.165, 1.54) is 0 Å². The van der Waals surface area contributed by atoms with Crippen molar-refractivity contribution in [2.45, 2.75) is 26.7 Å². The van der Waals surface area contributed by atoms with Gasteiger partial charge in [0.15, 0.2) is 0 Å². The van der Waals surface area contributed by atoms with Gasteiger partial charge in [0.25, 0.3) is 11.4 Å². The maximum atomic E-state index is 12.1. The summed E-state index contributed by atoms with van der Waals surface area (Å²) in [4.78, 5) is 37.2. The molecule has 0 amide bonds. The first kappa shape index (κ1) is 19.0. The number of nitro groups is 2. The summed E-state index contributed by atoms with van der Waals surface area (Å²) in [6.07, 6.45) is 3.35. The van der Waals surface area contributed by atoms with E-state index in [-0.39, 0.29) is 11.5 Å². The molecule has 0 heterocycles. The van der Waals surface area contributed by atoms with Gasteiger partial charge in [-0.1, -0.05) is 23.4 Å². The van der Waals surface area contributed by atoms with Gasteiger partial charge in [-0.05, 0) is 31.8 Å². The summed E-state index contributed by atoms with van der Waals surface area (Å²) in [6, 6.07) is 2.60. The van der Waals surface area contributed by atoms with Gasteiger partial charge in [0, 0.05) is 18.6 Å². The van der Waals surface area contributed by atoms with E-state index >= 15 is 0 Å². The Bertz CT molecular complexity index is 824. The molecule has 1 atom stereocenters. The second kappa shape index (κ2) is 7.68. The number of allylic oxidation sites excluding steroid dienone is 3. The highest BCUT2D eigenvalue weighted by Crippen LogP contribution is 2.27. The van der Waals surface area contributed by atoms with E-state index in [9.17, 15) is 25.0 Å². The fourth-order valence-corrected chi connectivity index (χ4v) is 2.47. The summed E-state index contributed by atoms with van der Waals surface area (Å²) in [5.41, 5.74) is 0.953. The van der Waals surface area contributed by atoms with E-state index < -0.39 is 27.2 Å². The van der Waals surface area contributed by atoms with Crippen molar-refractivity contribution < 1.29 is 19.5 Å². The first-order chi connectivity index (χ1) is 12.2. The third-order valence-corrected chi connectivity index (χ3v) is 4.10. The molecule has 0 radical (unpaired) electrons. The lowest BCUT2D eigenvalue weighted by Gasteiger charge is -2.21. The van der Waals surface area contributed by atoms with Gasteiger partial charge in [-0.3, -0.25) is 20.2 Å². The Hall–Kier alpha value is -3.36. The Morgan fingerprint density at radius 3 is 2.31 bits per heavy atom. The van der Waals surface area contributed by atoms with Crippen LogP contribution in [0.3, 0.4) is 0 Å². The van der Waals surface area contributed by atoms with Crippen LogP contribution in [-0.4, -0.2) is 21.5 Å². The number of hydrogen-bond acceptors (Lipinski definition) is 7. The third-order valence-electron chi connectivity index (χ3n) is 4.10. The number of nitro benzene ring substituents is 2. The van der Waals surface area contributed by atoms with Gasteiger partial charge in [-0.25, -0.2) is 4.79 Å². The number of oxime groups is 1. The smallest absolute Gasteiger partial charge is 0.313 e. The van der Waals surface area contributed by atoms with Crippen molar-refractivity contribution in [2.75, 3.05) is 0 Å². The standard InChI is InChI=1S/C17H17N3O6/c1-10(2)12-5-4-11(3)16(8-12)18-26-17(21)13-6-14(19(22)23)9-15(7-13)20(24)25/h4,6-7,9,12H,1,5,8H2,2-3H3/b18-16-. The molecule has 0 aliphatic heterocycles. The Balaban J connectivity index is 2.26. The zero-order chi connectivity index (χ0) is 19.4. The van der Waals surface area contributed by atoms with Crippen LogP contribution in [-0.2, 0) is 4.84 Å². The van der Waals surface area contributed by atoms with Gasteiger partial charge < -0.3 is 4.84 Å². The zero-order valence-electron chi connectivity index (χ0n) is 14.3. The molecule has 1 unspecified atom stereocenters. The highest BCUT2D eigenvalue weighted by Gasteiger charge is 2.22. The van der Waals surface area contributed by atoms with Crippen LogP contribution in [0, 0.1) is 26.1 Å². The summed E-state index contributed by atoms with van der Waals surface area (Å²) in [6.45, 7) is 7.65. The minimum absolute atomic E-state index is 0.190. The molecule has 0 fully saturated rings. The Morgan fingerprint density at radius 2 is 1.81 bits per heavy atom. The third kappa shape index (κ3) is 4.38. The molecule has 9 heteroatoms. The minimum Gasteiger partial charge on any atom is -0.313 e. The topological polar surface area (TPSA) is 125 Å². The van der Waals surface area contributed by atoms with Gasteiger partial charge in [-0.15, -0.1) is 0 Å². The van der Waals surface area contributed by atoms with Crippen molar-refractivity contribution in [3.8, 4) is 0 Å². The SMILES string of the molecule is C=C(C)C1CC=C(C)/C(=N\OC(=O)c2cc([N+](=O)[O-])cc([N+](=O)[O-])c2)C1. The molecule has 0 spiro atoms. The maximum absolute atomic E-state index is 12.1. The van der Waals surface area contributed by atoms with Gasteiger partial charge in [0.1, 0.15) is 0 Å². The predicted molar refractivity (Wildman–Crippen MR) is 93.9 cm³/mol. The predicted octanol–water partition coefficient (Wildman–Crippen LogP) is 3.95. The number of nitrogens with zero attached hydrogens (tertiary/aromatic N) is 3. The van der Waals surface area contributed by atoms with Crippen molar-refractivity contribution in [1.29, 1.82) is 0 Å². The summed E-state index contributed by atoms with van der Waals surface area (Å²) >= 11 is 0. The summed E-state index contributed by atoms with van der Waals surface area (Å²) in [5, 5.41) is 25.6. The van der Waals surface area contributed by atoms with Crippen LogP contribution in [0.5, 0.6) is 0 Å². The van der Waals surface area contributed by atoms with Crippen molar-refractivity contribution >= 4 is 23.1 Å². The van der Waals surface area contributed by atoms with E-state index in [2.05, 4.69) is 11.7 Å². The van der Waals surface area contributed by atoms with E-state index in [0.29, 0.717) is 12.1 Å². The molecule has 9 nitrogen and oxygen atoms in total. The molecule has 2 rings (SSSR count). The fraction of sp³-hybridized carbons (Fsp3) is 0.294. The van der Waals surface area contributed by atoms with Crippen LogP contribution in [0.4, 0.5) is 11.4 Å². The largest absolute Gasteiger partial charge is 0.366 e. The van der Waals surface area contributed by atoms with Gasteiger partial charge in [-0.2, -0.15) is 0 Å². The normalized spacial score (nSPS) is 18.2. The second-order valence-corrected chi connectivity index (χ2v) is 6.04. The average molecular weight is 359 g/mol. The summed E-state index contributed by atoms with van der Waals surface area (Å²) < 4.78 is 0. The molecule has 26 heavy (non-hydrogen) atoms. The molecule has 1 aliphatic rings. The number of benzene rings is 1. The van der Waals surface area contributed by atoms with Crippen LogP contribution in [0.1, 0.15) is 37.0 Å². The van der Waals surface area contributed by atoms with E-state index in [4.69, 9.17) is 4.84 Å². The quantitative estimate of drug-likeness (QED) is 0.339. The lowest BCUT2D eigenvalue weighted by atomic mass is 9.85. The molecule has 0 saturated heterocycles. The number of carbonyl (C=O) groups is 1. The van der Waals surface area contributed by atoms with Crippen LogP contribution >= 0.6 is 0 Å². The highest BCUT2D eigenvalue weighted by atomic mass is 16.7. The van der Waals surface area contributed by atoms with Crippen molar-refractivity contribution in [3.05, 3.63) is 67.8 Å². The van der Waals surface area contributed by atoms with Crippen LogP contribution in [0.15, 0.2) is 47.2 Å². The van der Waals surface area contributed by atoms with E-state index in [0.717, 1.165) is 35.8 Å². The Labute approximate surface area is 148 Å². The molecule has 1 aliphatic carbocycles. The van der Waals surface area contributed by atoms with Gasteiger partial charge in [0.05, 0.1) is 27.2 Å². The highest BCUT2D eigenvalue weighted by molar-refractivity contribution is 6.01. The minimum atomic E-state index is -1.01. The van der Waals surface area contributed by atoms with Crippen molar-refractivity contribution in [1.82, 2.24) is 0 Å². The fourth-order valence-electron chi connectivity index (χ4n) is 2.47. The number of non-ortho nitro benzene ring substituents is 2. The summed E-state index contributed by atoms with van der Waals surface area (Å²) in [7, 11) is 0. The molecule has 0 bridgehead atoms. The zero-order valence-corrected chi connectivity index (χ0v) is 14.3. The first-order valence-electron chi connectivity index (χ1n) is 7.73. The monoisotopic (exact) mass is 359 g/mol.